The molecule has 0 saturated heterocycles. The largest absolute Gasteiger partial charge is 0.493 e. The average molecular weight is 442 g/mol. The number of pyridine rings is 2. The molecule has 0 fully saturated rings. The third-order valence-electron chi connectivity index (χ3n) is 5.69. The van der Waals surface area contributed by atoms with Gasteiger partial charge in [-0.2, -0.15) is 0 Å². The maximum absolute atomic E-state index is 5.57. The summed E-state index contributed by atoms with van der Waals surface area (Å²) in [6.07, 6.45) is 5.48. The van der Waals surface area contributed by atoms with Crippen LogP contribution in [-0.4, -0.2) is 54.4 Å². The Morgan fingerprint density at radius 1 is 1.03 bits per heavy atom. The predicted molar refractivity (Wildman–Crippen MR) is 128 cm³/mol. The van der Waals surface area contributed by atoms with Crippen LogP contribution in [0.15, 0.2) is 58.8 Å². The maximum atomic E-state index is 5.57. The number of hydrogen-bond donors (Lipinski definition) is 0. The Labute approximate surface area is 188 Å². The second-order valence-electron chi connectivity index (χ2n) is 7.47. The van der Waals surface area contributed by atoms with Crippen LogP contribution in [0.4, 0.5) is 5.69 Å². The normalized spacial score (nSPS) is 14.3. The number of nitrogens with zero attached hydrogens (tertiary/aromatic N) is 5. The Morgan fingerprint density at radius 3 is 2.75 bits per heavy atom. The Kier molecular flexibility index (Phi) is 4.39. The lowest BCUT2D eigenvalue weighted by Crippen LogP contribution is -2.28. The van der Waals surface area contributed by atoms with Gasteiger partial charge in [-0.3, -0.25) is 9.98 Å². The molecule has 1 aromatic carbocycles. The highest BCUT2D eigenvalue weighted by Crippen LogP contribution is 2.47. The minimum Gasteiger partial charge on any atom is -0.493 e. The van der Waals surface area contributed by atoms with Crippen LogP contribution in [-0.2, 0) is 0 Å². The van der Waals surface area contributed by atoms with Crippen molar-refractivity contribution in [1.82, 2.24) is 14.9 Å². The first-order valence-corrected chi connectivity index (χ1v) is 11.0. The van der Waals surface area contributed by atoms with E-state index in [2.05, 4.69) is 16.0 Å². The Balaban J connectivity index is 1.65. The summed E-state index contributed by atoms with van der Waals surface area (Å²) in [7, 11) is 3.29. The van der Waals surface area contributed by atoms with E-state index >= 15 is 0 Å². The van der Waals surface area contributed by atoms with Gasteiger partial charge in [-0.05, 0) is 41.5 Å². The summed E-state index contributed by atoms with van der Waals surface area (Å²) in [6.45, 7) is 1.65. The molecule has 0 bridgehead atoms. The first-order valence-electron chi connectivity index (χ1n) is 10.2. The van der Waals surface area contributed by atoms with Crippen molar-refractivity contribution >= 4 is 39.4 Å². The zero-order chi connectivity index (χ0) is 21.7. The highest BCUT2D eigenvalue weighted by atomic mass is 32.1. The quantitative estimate of drug-likeness (QED) is 0.456. The van der Waals surface area contributed by atoms with Gasteiger partial charge in [0.2, 0.25) is 0 Å². The van der Waals surface area contributed by atoms with Crippen LogP contribution in [0.1, 0.15) is 4.88 Å². The number of ether oxygens (including phenoxy) is 2. The van der Waals surface area contributed by atoms with Gasteiger partial charge < -0.3 is 14.4 Å². The molecular formula is C24H19N5O2S. The van der Waals surface area contributed by atoms with E-state index < -0.39 is 0 Å². The van der Waals surface area contributed by atoms with Gasteiger partial charge in [-0.1, -0.05) is 6.07 Å². The lowest BCUT2D eigenvalue weighted by Gasteiger charge is -2.18. The Bertz CT molecular complexity index is 1410. The van der Waals surface area contributed by atoms with Crippen molar-refractivity contribution < 1.29 is 9.47 Å². The minimum atomic E-state index is 0.678. The summed E-state index contributed by atoms with van der Waals surface area (Å²) in [4.78, 5) is 22.9. The highest BCUT2D eigenvalue weighted by Gasteiger charge is 2.29. The molecule has 0 unspecified atom stereocenters. The van der Waals surface area contributed by atoms with Crippen molar-refractivity contribution in [2.24, 2.45) is 9.98 Å². The van der Waals surface area contributed by atoms with Crippen molar-refractivity contribution in [2.45, 2.75) is 0 Å². The molecule has 7 nitrogen and oxygen atoms in total. The average Bonchev–Trinajstić information content (AvgIpc) is 3.47. The molecule has 0 N–H and O–H groups in total. The highest BCUT2D eigenvalue weighted by molar-refractivity contribution is 7.21. The number of rotatable bonds is 4. The molecular weight excluding hydrogens is 422 g/mol. The van der Waals surface area contributed by atoms with Crippen molar-refractivity contribution in [3.8, 4) is 33.9 Å². The molecule has 4 aromatic rings. The summed E-state index contributed by atoms with van der Waals surface area (Å²) in [5.41, 5.74) is 4.80. The number of aromatic nitrogens is 2. The zero-order valence-corrected chi connectivity index (χ0v) is 18.4. The number of benzene rings is 1. The van der Waals surface area contributed by atoms with Gasteiger partial charge in [0.15, 0.2) is 11.5 Å². The number of thiophene rings is 1. The van der Waals surface area contributed by atoms with E-state index in [0.29, 0.717) is 11.5 Å². The smallest absolute Gasteiger partial charge is 0.161 e. The molecule has 8 heteroatoms. The predicted octanol–water partition coefficient (Wildman–Crippen LogP) is 4.78. The van der Waals surface area contributed by atoms with Crippen LogP contribution < -0.4 is 9.47 Å². The lowest BCUT2D eigenvalue weighted by molar-refractivity contribution is 0.355. The molecule has 0 spiro atoms. The topological polar surface area (TPSA) is 72.2 Å². The third kappa shape index (κ3) is 2.87. The van der Waals surface area contributed by atoms with Crippen LogP contribution in [0, 0.1) is 0 Å². The Hall–Kier alpha value is -3.78. The van der Waals surface area contributed by atoms with E-state index in [1.54, 1.807) is 31.8 Å². The first kappa shape index (κ1) is 18.9. The molecule has 0 atom stereocenters. The van der Waals surface area contributed by atoms with E-state index in [9.17, 15) is 0 Å². The number of fused-ring (bicyclic) bond motifs is 5. The van der Waals surface area contributed by atoms with Crippen molar-refractivity contribution in [1.29, 1.82) is 0 Å². The molecule has 3 aromatic heterocycles. The zero-order valence-electron chi connectivity index (χ0n) is 17.6. The Morgan fingerprint density at radius 2 is 1.94 bits per heavy atom. The number of methoxy groups -OCH3 is 2. The fourth-order valence-corrected chi connectivity index (χ4v) is 5.32. The summed E-state index contributed by atoms with van der Waals surface area (Å²) in [5, 5.41) is 1.02. The van der Waals surface area contributed by atoms with Crippen LogP contribution in [0.25, 0.3) is 32.6 Å². The van der Waals surface area contributed by atoms with Gasteiger partial charge >= 0.3 is 0 Å². The molecule has 2 aliphatic rings. The fourth-order valence-electron chi connectivity index (χ4n) is 4.15. The second-order valence-corrected chi connectivity index (χ2v) is 8.47. The van der Waals surface area contributed by atoms with Crippen LogP contribution >= 0.6 is 11.3 Å². The van der Waals surface area contributed by atoms with Gasteiger partial charge in [-0.25, -0.2) is 9.98 Å². The van der Waals surface area contributed by atoms with E-state index in [4.69, 9.17) is 24.4 Å². The van der Waals surface area contributed by atoms with Gasteiger partial charge in [0, 0.05) is 29.9 Å². The fraction of sp³-hybridized carbons (Fsp3) is 0.167. The third-order valence-corrected chi connectivity index (χ3v) is 6.76. The molecule has 0 radical (unpaired) electrons. The number of aliphatic imine (C=N–C) groups is 2. The van der Waals surface area contributed by atoms with E-state index in [0.717, 1.165) is 62.1 Å². The van der Waals surface area contributed by atoms with Gasteiger partial charge in [0.1, 0.15) is 10.7 Å². The maximum Gasteiger partial charge on any atom is 0.161 e. The minimum absolute atomic E-state index is 0.678. The molecule has 5 heterocycles. The summed E-state index contributed by atoms with van der Waals surface area (Å²) in [5.74, 6) is 2.35. The number of hydrogen-bond acceptors (Lipinski definition) is 8. The SMILES string of the molecule is COc1ccc(-c2cc(-c3cccnc3)nc3sc4c(c23)N=CN2CCN=C42)cc1OC. The number of amidine groups is 1. The summed E-state index contributed by atoms with van der Waals surface area (Å²) < 4.78 is 11.0. The standard InChI is InChI=1S/C24H19N5O2S/c1-30-18-6-5-14(10-19(18)31-2)16-11-17(15-4-3-7-25-12-15)28-24-20(16)21-22(32-24)23-26-8-9-29(23)13-27-21/h3-7,10-13H,8-9H2,1-2H3. The summed E-state index contributed by atoms with van der Waals surface area (Å²) >= 11 is 1.64. The molecule has 2 aliphatic heterocycles. The summed E-state index contributed by atoms with van der Waals surface area (Å²) in [6, 6.07) is 12.0. The molecule has 32 heavy (non-hydrogen) atoms. The van der Waals surface area contributed by atoms with E-state index in [1.165, 1.54) is 0 Å². The van der Waals surface area contributed by atoms with Gasteiger partial charge in [0.05, 0.1) is 43.4 Å². The monoisotopic (exact) mass is 441 g/mol. The van der Waals surface area contributed by atoms with Gasteiger partial charge in [0.25, 0.3) is 0 Å². The molecule has 158 valence electrons. The van der Waals surface area contributed by atoms with Gasteiger partial charge in [-0.15, -0.1) is 11.3 Å². The van der Waals surface area contributed by atoms with Crippen LogP contribution in [0.3, 0.4) is 0 Å². The van der Waals surface area contributed by atoms with Crippen molar-refractivity contribution in [3.05, 3.63) is 53.7 Å². The molecule has 0 amide bonds. The molecule has 0 saturated carbocycles. The van der Waals surface area contributed by atoms with Crippen LogP contribution in [0.2, 0.25) is 0 Å². The van der Waals surface area contributed by atoms with Crippen molar-refractivity contribution in [3.63, 3.8) is 0 Å². The van der Waals surface area contributed by atoms with E-state index in [-0.39, 0.29) is 0 Å². The molecule has 6 rings (SSSR count). The first-order chi connectivity index (χ1) is 15.8. The van der Waals surface area contributed by atoms with E-state index in [1.807, 2.05) is 42.9 Å². The second kappa shape index (κ2) is 7.42. The molecule has 0 aliphatic carbocycles. The lowest BCUT2D eigenvalue weighted by atomic mass is 9.99. The van der Waals surface area contributed by atoms with Crippen molar-refractivity contribution in [2.75, 3.05) is 27.3 Å². The van der Waals surface area contributed by atoms with Crippen LogP contribution in [0.5, 0.6) is 11.5 Å².